The maximum atomic E-state index is 12.9. The summed E-state index contributed by atoms with van der Waals surface area (Å²) in [5, 5.41) is 9.23. The van der Waals surface area contributed by atoms with Crippen molar-refractivity contribution in [2.45, 2.75) is 58.4 Å². The summed E-state index contributed by atoms with van der Waals surface area (Å²) in [6, 6.07) is -0.293. The van der Waals surface area contributed by atoms with Crippen LogP contribution < -0.4 is 0 Å². The van der Waals surface area contributed by atoms with Crippen LogP contribution in [0.4, 0.5) is 0 Å². The predicted octanol–water partition coefficient (Wildman–Crippen LogP) is 1.64. The van der Waals surface area contributed by atoms with E-state index < -0.39 is 0 Å². The smallest absolute Gasteiger partial charge is 0.245 e. The van der Waals surface area contributed by atoms with Gasteiger partial charge in [0.2, 0.25) is 11.8 Å². The van der Waals surface area contributed by atoms with E-state index in [4.69, 9.17) is 0 Å². The first-order chi connectivity index (χ1) is 10.5. The largest absolute Gasteiger partial charge is 0.396 e. The maximum absolute atomic E-state index is 12.9. The Bertz CT molecular complexity index is 389. The number of hydrogen-bond acceptors (Lipinski definition) is 3. The number of nitrogens with zero attached hydrogens (tertiary/aromatic N) is 2. The number of amides is 2. The Morgan fingerprint density at radius 2 is 1.91 bits per heavy atom. The summed E-state index contributed by atoms with van der Waals surface area (Å²) < 4.78 is 0. The third-order valence-electron chi connectivity index (χ3n) is 4.90. The quantitative estimate of drug-likeness (QED) is 0.840. The van der Waals surface area contributed by atoms with E-state index >= 15 is 0 Å². The third-order valence-corrected chi connectivity index (χ3v) is 4.90. The van der Waals surface area contributed by atoms with Crippen molar-refractivity contribution in [2.24, 2.45) is 11.8 Å². The number of likely N-dealkylation sites (tertiary alicyclic amines) is 2. The fourth-order valence-corrected chi connectivity index (χ4v) is 3.51. The molecule has 1 N–H and O–H groups in total. The monoisotopic (exact) mass is 310 g/mol. The molecule has 22 heavy (non-hydrogen) atoms. The van der Waals surface area contributed by atoms with Crippen LogP contribution in [0.25, 0.3) is 0 Å². The van der Waals surface area contributed by atoms with Gasteiger partial charge in [-0.05, 0) is 43.9 Å². The van der Waals surface area contributed by atoms with Gasteiger partial charge < -0.3 is 14.9 Å². The number of hydrogen-bond donors (Lipinski definition) is 1. The van der Waals surface area contributed by atoms with Crippen LogP contribution in [0.1, 0.15) is 52.4 Å². The van der Waals surface area contributed by atoms with Gasteiger partial charge in [-0.15, -0.1) is 0 Å². The zero-order valence-corrected chi connectivity index (χ0v) is 14.0. The van der Waals surface area contributed by atoms with Crippen LogP contribution in [0.2, 0.25) is 0 Å². The lowest BCUT2D eigenvalue weighted by Crippen LogP contribution is -2.54. The Kier molecular flexibility index (Phi) is 6.24. The third kappa shape index (κ3) is 4.22. The highest BCUT2D eigenvalue weighted by molar-refractivity contribution is 5.88. The average Bonchev–Trinajstić information content (AvgIpc) is 2.52. The molecule has 2 aliphatic heterocycles. The van der Waals surface area contributed by atoms with Gasteiger partial charge in [-0.2, -0.15) is 0 Å². The van der Waals surface area contributed by atoms with Crippen LogP contribution in [-0.2, 0) is 9.59 Å². The van der Waals surface area contributed by atoms with Gasteiger partial charge in [-0.3, -0.25) is 9.59 Å². The van der Waals surface area contributed by atoms with Crippen LogP contribution in [-0.4, -0.2) is 59.0 Å². The molecule has 0 aromatic heterocycles. The summed E-state index contributed by atoms with van der Waals surface area (Å²) in [6.07, 6.45) is 4.99. The van der Waals surface area contributed by atoms with Crippen molar-refractivity contribution < 1.29 is 14.7 Å². The Balaban J connectivity index is 2.04. The second-order valence-electron chi connectivity index (χ2n) is 7.14. The SMILES string of the molecule is CC(C)CC(C(=O)N1CCC(CO)CC1)N1CCCCC1=O. The summed E-state index contributed by atoms with van der Waals surface area (Å²) in [5.74, 6) is 0.957. The van der Waals surface area contributed by atoms with Gasteiger partial charge >= 0.3 is 0 Å². The molecule has 2 amide bonds. The molecular weight excluding hydrogens is 280 g/mol. The van der Waals surface area contributed by atoms with E-state index in [1.807, 2.05) is 9.80 Å². The highest BCUT2D eigenvalue weighted by atomic mass is 16.3. The van der Waals surface area contributed by atoms with E-state index in [0.29, 0.717) is 31.3 Å². The number of carbonyl (C=O) groups excluding carboxylic acids is 2. The number of piperidine rings is 2. The van der Waals surface area contributed by atoms with Crippen molar-refractivity contribution in [1.29, 1.82) is 0 Å². The Labute approximate surface area is 133 Å². The molecule has 0 spiro atoms. The van der Waals surface area contributed by atoms with Crippen LogP contribution >= 0.6 is 0 Å². The molecule has 2 heterocycles. The molecule has 1 atom stereocenters. The zero-order chi connectivity index (χ0) is 16.1. The lowest BCUT2D eigenvalue weighted by Gasteiger charge is -2.39. The van der Waals surface area contributed by atoms with Crippen LogP contribution in [0.15, 0.2) is 0 Å². The van der Waals surface area contributed by atoms with Gasteiger partial charge in [0.1, 0.15) is 6.04 Å². The van der Waals surface area contributed by atoms with Gasteiger partial charge in [0, 0.05) is 32.7 Å². The summed E-state index contributed by atoms with van der Waals surface area (Å²) in [7, 11) is 0. The maximum Gasteiger partial charge on any atom is 0.245 e. The van der Waals surface area contributed by atoms with Crippen molar-refractivity contribution >= 4 is 11.8 Å². The number of aliphatic hydroxyl groups is 1. The predicted molar refractivity (Wildman–Crippen MR) is 85.2 cm³/mol. The van der Waals surface area contributed by atoms with Gasteiger partial charge in [0.25, 0.3) is 0 Å². The van der Waals surface area contributed by atoms with E-state index in [-0.39, 0.29) is 24.5 Å². The van der Waals surface area contributed by atoms with Crippen LogP contribution in [0.3, 0.4) is 0 Å². The standard InChI is InChI=1S/C17H30N2O3/c1-13(2)11-15(19-8-4-3-5-16(19)21)17(22)18-9-6-14(12-20)7-10-18/h13-15,20H,3-12H2,1-2H3. The van der Waals surface area contributed by atoms with Crippen molar-refractivity contribution in [2.75, 3.05) is 26.2 Å². The molecule has 2 rings (SSSR count). The van der Waals surface area contributed by atoms with Crippen LogP contribution in [0.5, 0.6) is 0 Å². The summed E-state index contributed by atoms with van der Waals surface area (Å²) in [6.45, 7) is 6.55. The first-order valence-corrected chi connectivity index (χ1v) is 8.72. The molecule has 0 radical (unpaired) electrons. The molecule has 0 aromatic carbocycles. The molecular formula is C17H30N2O3. The molecule has 0 aromatic rings. The lowest BCUT2D eigenvalue weighted by atomic mass is 9.94. The highest BCUT2D eigenvalue weighted by Crippen LogP contribution is 2.23. The Hall–Kier alpha value is -1.10. The van der Waals surface area contributed by atoms with Crippen molar-refractivity contribution in [3.05, 3.63) is 0 Å². The molecule has 0 saturated carbocycles. The van der Waals surface area contributed by atoms with Gasteiger partial charge in [-0.25, -0.2) is 0 Å². The Morgan fingerprint density at radius 3 is 2.45 bits per heavy atom. The van der Waals surface area contributed by atoms with Crippen molar-refractivity contribution in [3.8, 4) is 0 Å². The van der Waals surface area contributed by atoms with Gasteiger partial charge in [-0.1, -0.05) is 13.8 Å². The van der Waals surface area contributed by atoms with Gasteiger partial charge in [0.05, 0.1) is 0 Å². The molecule has 126 valence electrons. The minimum atomic E-state index is -0.293. The van der Waals surface area contributed by atoms with Gasteiger partial charge in [0.15, 0.2) is 0 Å². The average molecular weight is 310 g/mol. The normalized spacial score (nSPS) is 22.3. The number of aliphatic hydroxyl groups excluding tert-OH is 1. The highest BCUT2D eigenvalue weighted by Gasteiger charge is 2.35. The Morgan fingerprint density at radius 1 is 1.23 bits per heavy atom. The minimum absolute atomic E-state index is 0.111. The second-order valence-corrected chi connectivity index (χ2v) is 7.14. The van der Waals surface area contributed by atoms with E-state index in [9.17, 15) is 14.7 Å². The number of carbonyl (C=O) groups is 2. The molecule has 0 bridgehead atoms. The second kappa shape index (κ2) is 7.95. The summed E-state index contributed by atoms with van der Waals surface area (Å²) >= 11 is 0. The molecule has 2 saturated heterocycles. The molecule has 1 unspecified atom stereocenters. The fourth-order valence-electron chi connectivity index (χ4n) is 3.51. The van der Waals surface area contributed by atoms with E-state index in [1.54, 1.807) is 0 Å². The fraction of sp³-hybridized carbons (Fsp3) is 0.882. The van der Waals surface area contributed by atoms with Crippen molar-refractivity contribution in [3.63, 3.8) is 0 Å². The first kappa shape index (κ1) is 17.3. The summed E-state index contributed by atoms with van der Waals surface area (Å²) in [5.41, 5.74) is 0. The molecule has 2 aliphatic rings. The van der Waals surface area contributed by atoms with Crippen LogP contribution in [0, 0.1) is 11.8 Å². The molecule has 5 heteroatoms. The van der Waals surface area contributed by atoms with E-state index in [0.717, 1.165) is 38.6 Å². The number of rotatable bonds is 5. The first-order valence-electron chi connectivity index (χ1n) is 8.72. The summed E-state index contributed by atoms with van der Waals surface area (Å²) in [4.78, 5) is 28.9. The molecule has 0 aliphatic carbocycles. The minimum Gasteiger partial charge on any atom is -0.396 e. The molecule has 5 nitrogen and oxygen atoms in total. The van der Waals surface area contributed by atoms with Crippen molar-refractivity contribution in [1.82, 2.24) is 9.80 Å². The van der Waals surface area contributed by atoms with E-state index in [1.165, 1.54) is 0 Å². The topological polar surface area (TPSA) is 60.9 Å². The zero-order valence-electron chi connectivity index (χ0n) is 14.0. The lowest BCUT2D eigenvalue weighted by molar-refractivity contribution is -0.149. The molecule has 2 fully saturated rings. The van der Waals surface area contributed by atoms with E-state index in [2.05, 4.69) is 13.8 Å².